The minimum atomic E-state index is -0.423. The normalized spacial score (nSPS) is 20.0. The molecule has 0 amide bonds. The molecule has 6 atom stereocenters. The number of carbonyl (C=O) groups excluding carboxylic acids is 4. The summed E-state index contributed by atoms with van der Waals surface area (Å²) in [5.74, 6) is 8.39. The monoisotopic (exact) mass is 1390 g/mol. The summed E-state index contributed by atoms with van der Waals surface area (Å²) in [6.45, 7) is 45.6. The zero-order valence-electron chi connectivity index (χ0n) is 63.9. The van der Waals surface area contributed by atoms with E-state index in [-0.39, 0.29) is 48.8 Å². The van der Waals surface area contributed by atoms with E-state index in [2.05, 4.69) is 103 Å². The molecule has 97 heavy (non-hydrogen) atoms. The number of benzene rings is 2. The molecule has 0 saturated carbocycles. The zero-order valence-corrected chi connectivity index (χ0v) is 65.6. The Bertz CT molecular complexity index is 2710. The van der Waals surface area contributed by atoms with Crippen molar-refractivity contribution >= 4 is 45.5 Å². The fourth-order valence-corrected chi connectivity index (χ4v) is 16.9. The number of hydrogen-bond donors (Lipinski definition) is 0. The molecule has 0 spiro atoms. The average Bonchev–Trinajstić information content (AvgIpc) is 0.783. The molecule has 14 nitrogen and oxygen atoms in total. The number of carbonyl (C=O) groups is 4. The summed E-state index contributed by atoms with van der Waals surface area (Å²) < 4.78 is 36.7. The molecule has 0 aliphatic carbocycles. The predicted molar refractivity (Wildman–Crippen MR) is 403 cm³/mol. The number of nitrogens with zero attached hydrogens (tertiary/aromatic N) is 4. The van der Waals surface area contributed by atoms with Gasteiger partial charge in [0.1, 0.15) is 47.4 Å². The molecule has 2 aromatic carbocycles. The van der Waals surface area contributed by atoms with Gasteiger partial charge in [-0.1, -0.05) is 167 Å². The van der Waals surface area contributed by atoms with E-state index in [1.54, 1.807) is 0 Å². The van der Waals surface area contributed by atoms with Crippen LogP contribution in [0.2, 0.25) is 0 Å². The summed E-state index contributed by atoms with van der Waals surface area (Å²) in [6.07, 6.45) is 26.6. The van der Waals surface area contributed by atoms with E-state index in [9.17, 15) is 19.2 Å². The smallest absolute Gasteiger partial charge is 0.311 e. The van der Waals surface area contributed by atoms with Crippen LogP contribution in [0.25, 0.3) is 0 Å². The lowest BCUT2D eigenvalue weighted by molar-refractivity contribution is -0.147. The molecule has 0 N–H and O–H groups in total. The van der Waals surface area contributed by atoms with Crippen molar-refractivity contribution in [3.8, 4) is 23.0 Å². The van der Waals surface area contributed by atoms with Gasteiger partial charge in [-0.2, -0.15) is 0 Å². The van der Waals surface area contributed by atoms with E-state index >= 15 is 0 Å². The van der Waals surface area contributed by atoms with Gasteiger partial charge in [0, 0.05) is 95.6 Å². The minimum absolute atomic E-state index is 0.00295. The second kappa shape index (κ2) is 42.8. The second-order valence-corrected chi connectivity index (χ2v) is 34.5. The number of piperazine rings is 2. The highest BCUT2D eigenvalue weighted by Crippen LogP contribution is 2.46. The summed E-state index contributed by atoms with van der Waals surface area (Å²) in [5.41, 5.74) is 6.64. The summed E-state index contributed by atoms with van der Waals surface area (Å²) in [7, 11) is 3.90. The van der Waals surface area contributed by atoms with Crippen LogP contribution in [0, 0.1) is 70.1 Å². The Hall–Kier alpha value is -3.54. The van der Waals surface area contributed by atoms with E-state index < -0.39 is 11.9 Å². The quantitative estimate of drug-likeness (QED) is 0.0269. The van der Waals surface area contributed by atoms with Crippen LogP contribution in [0.5, 0.6) is 23.0 Å². The van der Waals surface area contributed by atoms with Gasteiger partial charge in [0.25, 0.3) is 0 Å². The van der Waals surface area contributed by atoms with Gasteiger partial charge in [-0.15, -0.1) is 0 Å². The largest absolute Gasteiger partial charge is 0.487 e. The standard InChI is InChI=1S/C81H136N4O10S2/c1-59(2)22-16-24-61(5)26-18-28-63(7)30-20-38-80(14)40-36-70-58-72(65(9)66(10)78(70)94-80)92-75(88)34-32-73(86)90-54-50-82-42-46-84(47-43-82)52-56-96-97-57-53-85-48-44-83(45-49-85)51-55-91-74(87)33-35-76(89)93-77-67(11)68(12)79-71(69(77)13)37-41-81(15,95-79)39-21-31-64(8)29-19-27-62(6)25-17-23-60(3)4/h58-64H,16-57H2,1-15H3. The molecule has 6 unspecified atom stereocenters. The third kappa shape index (κ3) is 29.8. The van der Waals surface area contributed by atoms with Crippen molar-refractivity contribution in [3.05, 3.63) is 45.0 Å². The van der Waals surface area contributed by atoms with E-state index in [1.165, 1.54) is 103 Å². The molecule has 4 aliphatic rings. The molecular formula is C81H136N4O10S2. The number of rotatable bonds is 45. The molecule has 0 aromatic heterocycles. The Morgan fingerprint density at radius 2 is 0.814 bits per heavy atom. The Morgan fingerprint density at radius 1 is 0.443 bits per heavy atom. The lowest BCUT2D eigenvalue weighted by Gasteiger charge is -2.38. The molecule has 6 rings (SSSR count). The highest BCUT2D eigenvalue weighted by molar-refractivity contribution is 8.76. The van der Waals surface area contributed by atoms with Crippen molar-refractivity contribution in [2.45, 2.75) is 282 Å². The van der Waals surface area contributed by atoms with Crippen LogP contribution in [0.1, 0.15) is 262 Å². The van der Waals surface area contributed by atoms with Gasteiger partial charge in [-0.05, 0) is 175 Å². The third-order valence-electron chi connectivity index (χ3n) is 22.1. The molecule has 0 bridgehead atoms. The van der Waals surface area contributed by atoms with Gasteiger partial charge in [-0.3, -0.25) is 38.8 Å². The van der Waals surface area contributed by atoms with Crippen LogP contribution in [-0.2, 0) is 41.5 Å². The predicted octanol–water partition coefficient (Wildman–Crippen LogP) is 18.0. The summed E-state index contributed by atoms with van der Waals surface area (Å²) in [6, 6.07) is 1.97. The number of esters is 4. The van der Waals surface area contributed by atoms with Crippen LogP contribution >= 0.6 is 21.6 Å². The average molecular weight is 1390 g/mol. The Morgan fingerprint density at radius 3 is 1.26 bits per heavy atom. The fraction of sp³-hybridized carbons (Fsp3) is 0.802. The summed E-state index contributed by atoms with van der Waals surface area (Å²) in [5, 5.41) is 0. The number of ether oxygens (including phenoxy) is 6. The summed E-state index contributed by atoms with van der Waals surface area (Å²) >= 11 is 0. The maximum Gasteiger partial charge on any atom is 0.311 e. The number of aryl methyl sites for hydroxylation is 1. The summed E-state index contributed by atoms with van der Waals surface area (Å²) in [4.78, 5) is 61.4. The van der Waals surface area contributed by atoms with Gasteiger partial charge in [0.15, 0.2) is 0 Å². The molecular weight excluding hydrogens is 1250 g/mol. The van der Waals surface area contributed by atoms with Crippen LogP contribution in [0.15, 0.2) is 6.07 Å². The molecule has 4 heterocycles. The van der Waals surface area contributed by atoms with E-state index in [0.29, 0.717) is 37.8 Å². The van der Waals surface area contributed by atoms with Crippen LogP contribution in [0.4, 0.5) is 0 Å². The van der Waals surface area contributed by atoms with Gasteiger partial charge in [-0.25, -0.2) is 0 Å². The fourth-order valence-electron chi connectivity index (χ4n) is 14.8. The lowest BCUT2D eigenvalue weighted by Crippen LogP contribution is -2.48. The van der Waals surface area contributed by atoms with Crippen molar-refractivity contribution < 1.29 is 47.6 Å². The molecule has 2 aromatic rings. The first-order chi connectivity index (χ1) is 46.3. The Balaban J connectivity index is 0.733. The van der Waals surface area contributed by atoms with E-state index in [4.69, 9.17) is 28.4 Å². The highest BCUT2D eigenvalue weighted by Gasteiger charge is 2.36. The van der Waals surface area contributed by atoms with Crippen molar-refractivity contribution in [2.75, 3.05) is 103 Å². The lowest BCUT2D eigenvalue weighted by atomic mass is 9.83. The van der Waals surface area contributed by atoms with E-state index in [1.807, 2.05) is 48.4 Å². The van der Waals surface area contributed by atoms with Crippen molar-refractivity contribution in [1.29, 1.82) is 0 Å². The molecule has 2 saturated heterocycles. The van der Waals surface area contributed by atoms with Crippen LogP contribution < -0.4 is 18.9 Å². The SMILES string of the molecule is Cc1c(OC(=O)CCC(=O)OCCN2CCN(CCSSCCN3CCN(CCOC(=O)CCC(=O)Oc4c(C)c(C)c5c(c4C)CCC(C)(CCCC(C)CCCC(C)CCCC(C)C)O5)CC3)CC2)cc2c(c1C)OC(C)(CCCC(C)CCCC(C)CCCC(C)C)CC2. The number of hydrogen-bond acceptors (Lipinski definition) is 16. The van der Waals surface area contributed by atoms with Crippen LogP contribution in [-0.4, -0.2) is 158 Å². The minimum Gasteiger partial charge on any atom is -0.487 e. The number of fused-ring (bicyclic) bond motifs is 2. The third-order valence-corrected chi connectivity index (χ3v) is 24.5. The maximum absolute atomic E-state index is 13.2. The molecule has 552 valence electrons. The first kappa shape index (κ1) is 82.4. The van der Waals surface area contributed by atoms with Gasteiger partial charge in [0.2, 0.25) is 0 Å². The van der Waals surface area contributed by atoms with Crippen molar-refractivity contribution in [3.63, 3.8) is 0 Å². The first-order valence-corrected chi connectivity index (χ1v) is 41.3. The van der Waals surface area contributed by atoms with Gasteiger partial charge >= 0.3 is 23.9 Å². The second-order valence-electron chi connectivity index (χ2n) is 31.8. The molecule has 4 aliphatic heterocycles. The van der Waals surface area contributed by atoms with Gasteiger partial charge in [0.05, 0.1) is 25.7 Å². The Kier molecular flexibility index (Phi) is 36.3. The van der Waals surface area contributed by atoms with Crippen molar-refractivity contribution in [1.82, 2.24) is 19.6 Å². The molecule has 0 radical (unpaired) electrons. The van der Waals surface area contributed by atoms with Gasteiger partial charge < -0.3 is 28.4 Å². The van der Waals surface area contributed by atoms with Crippen molar-refractivity contribution in [2.24, 2.45) is 35.5 Å². The Labute approximate surface area is 598 Å². The first-order valence-electron chi connectivity index (χ1n) is 38.8. The maximum atomic E-state index is 13.2. The highest BCUT2D eigenvalue weighted by atomic mass is 33.1. The molecule has 2 fully saturated rings. The zero-order chi connectivity index (χ0) is 70.5. The topological polar surface area (TPSA) is 137 Å². The molecule has 16 heteroatoms. The van der Waals surface area contributed by atoms with Crippen LogP contribution in [0.3, 0.4) is 0 Å². The van der Waals surface area contributed by atoms with E-state index in [0.717, 1.165) is 201 Å².